The second-order valence-electron chi connectivity index (χ2n) is 3.56. The van der Waals surface area contributed by atoms with E-state index in [0.29, 0.717) is 17.0 Å². The number of anilines is 1. The van der Waals surface area contributed by atoms with Crippen LogP contribution >= 0.6 is 11.6 Å². The number of benzene rings is 1. The monoisotopic (exact) mass is 264 g/mol. The molecular formula is C12H9ClN2O3. The summed E-state index contributed by atoms with van der Waals surface area (Å²) in [4.78, 5) is 25.7. The summed E-state index contributed by atoms with van der Waals surface area (Å²) in [6.45, 7) is 1.38. The largest absolute Gasteiger partial charge is 0.420 e. The summed E-state index contributed by atoms with van der Waals surface area (Å²) >= 11 is 5.34. The van der Waals surface area contributed by atoms with Gasteiger partial charge in [-0.25, -0.2) is 4.98 Å². The summed E-state index contributed by atoms with van der Waals surface area (Å²) in [5.41, 5.74) is 1.09. The Labute approximate surface area is 108 Å². The number of hydrogen-bond donors (Lipinski definition) is 1. The van der Waals surface area contributed by atoms with Gasteiger partial charge in [-0.15, -0.1) is 0 Å². The molecule has 1 aromatic heterocycles. The fourth-order valence-corrected chi connectivity index (χ4v) is 1.51. The van der Waals surface area contributed by atoms with Crippen LogP contribution in [-0.2, 0) is 4.79 Å². The maximum Gasteiger partial charge on any atom is 0.252 e. The number of carbonyl (C=O) groups excluding carboxylic acids is 2. The van der Waals surface area contributed by atoms with Crippen LogP contribution in [0.1, 0.15) is 17.3 Å². The van der Waals surface area contributed by atoms with E-state index in [4.69, 9.17) is 16.0 Å². The standard InChI is InChI=1S/C12H9ClN2O3/c1-7(16)15-10-6-14-12(18-10)9-4-2-8(3-5-9)11(13)17/h2-6H,1H3,(H,15,16). The molecule has 18 heavy (non-hydrogen) atoms. The first kappa shape index (κ1) is 12.3. The van der Waals surface area contributed by atoms with Crippen LogP contribution in [0.2, 0.25) is 0 Å². The molecule has 0 aliphatic heterocycles. The molecule has 0 aliphatic rings. The summed E-state index contributed by atoms with van der Waals surface area (Å²) in [6, 6.07) is 6.48. The van der Waals surface area contributed by atoms with Crippen molar-refractivity contribution in [3.8, 4) is 11.5 Å². The number of oxazole rings is 1. The lowest BCUT2D eigenvalue weighted by atomic mass is 10.1. The molecule has 0 bridgehead atoms. The van der Waals surface area contributed by atoms with Gasteiger partial charge in [0.25, 0.3) is 5.24 Å². The first-order valence-electron chi connectivity index (χ1n) is 5.10. The van der Waals surface area contributed by atoms with E-state index >= 15 is 0 Å². The van der Waals surface area contributed by atoms with Crippen LogP contribution in [0.4, 0.5) is 5.88 Å². The lowest BCUT2D eigenvalue weighted by molar-refractivity contribution is -0.114. The van der Waals surface area contributed by atoms with Gasteiger partial charge in [0.1, 0.15) is 0 Å². The highest BCUT2D eigenvalue weighted by Crippen LogP contribution is 2.22. The van der Waals surface area contributed by atoms with Crippen molar-refractivity contribution in [1.29, 1.82) is 0 Å². The molecular weight excluding hydrogens is 256 g/mol. The average Bonchev–Trinajstić information content (AvgIpc) is 2.76. The molecule has 0 radical (unpaired) electrons. The Balaban J connectivity index is 2.23. The van der Waals surface area contributed by atoms with E-state index in [1.807, 2.05) is 0 Å². The normalized spacial score (nSPS) is 10.1. The van der Waals surface area contributed by atoms with Crippen molar-refractivity contribution in [3.05, 3.63) is 36.0 Å². The van der Waals surface area contributed by atoms with Gasteiger partial charge in [-0.1, -0.05) is 0 Å². The zero-order chi connectivity index (χ0) is 13.1. The van der Waals surface area contributed by atoms with Crippen molar-refractivity contribution >= 4 is 28.6 Å². The molecule has 0 unspecified atom stereocenters. The van der Waals surface area contributed by atoms with E-state index in [2.05, 4.69) is 10.3 Å². The van der Waals surface area contributed by atoms with E-state index in [1.54, 1.807) is 24.3 Å². The molecule has 0 aliphatic carbocycles. The van der Waals surface area contributed by atoms with Crippen molar-refractivity contribution in [1.82, 2.24) is 4.98 Å². The van der Waals surface area contributed by atoms with Crippen LogP contribution in [0.3, 0.4) is 0 Å². The van der Waals surface area contributed by atoms with Crippen LogP contribution in [0.5, 0.6) is 0 Å². The Morgan fingerprint density at radius 2 is 1.94 bits per heavy atom. The number of carbonyl (C=O) groups is 2. The van der Waals surface area contributed by atoms with Gasteiger partial charge in [0, 0.05) is 18.1 Å². The molecule has 1 amide bonds. The SMILES string of the molecule is CC(=O)Nc1cnc(-c2ccc(C(=O)Cl)cc2)o1. The smallest absolute Gasteiger partial charge is 0.252 e. The van der Waals surface area contributed by atoms with Gasteiger partial charge in [0.15, 0.2) is 0 Å². The second kappa shape index (κ2) is 5.01. The second-order valence-corrected chi connectivity index (χ2v) is 3.91. The molecule has 0 atom stereocenters. The molecule has 2 aromatic rings. The third-order valence-electron chi connectivity index (χ3n) is 2.16. The first-order chi connectivity index (χ1) is 8.56. The minimum atomic E-state index is -0.520. The summed E-state index contributed by atoms with van der Waals surface area (Å²) in [5, 5.41) is 1.96. The number of rotatable bonds is 3. The topological polar surface area (TPSA) is 72.2 Å². The fourth-order valence-electron chi connectivity index (χ4n) is 1.38. The molecule has 0 spiro atoms. The highest BCUT2D eigenvalue weighted by Gasteiger charge is 2.08. The minimum Gasteiger partial charge on any atom is -0.420 e. The Kier molecular flexibility index (Phi) is 3.43. The number of hydrogen-bond acceptors (Lipinski definition) is 4. The van der Waals surface area contributed by atoms with Crippen LogP contribution in [0.25, 0.3) is 11.5 Å². The molecule has 1 N–H and O–H groups in total. The number of nitrogens with one attached hydrogen (secondary N) is 1. The van der Waals surface area contributed by atoms with E-state index in [9.17, 15) is 9.59 Å². The third-order valence-corrected chi connectivity index (χ3v) is 2.38. The number of amides is 1. The Morgan fingerprint density at radius 1 is 1.28 bits per heavy atom. The lowest BCUT2D eigenvalue weighted by Crippen LogP contribution is -2.04. The number of aromatic nitrogens is 1. The van der Waals surface area contributed by atoms with Crippen molar-refractivity contribution in [3.63, 3.8) is 0 Å². The summed E-state index contributed by atoms with van der Waals surface area (Å²) in [6.07, 6.45) is 1.41. The molecule has 6 heteroatoms. The predicted molar refractivity (Wildman–Crippen MR) is 66.4 cm³/mol. The molecule has 1 aromatic carbocycles. The summed E-state index contributed by atoms with van der Waals surface area (Å²) < 4.78 is 5.32. The molecule has 5 nitrogen and oxygen atoms in total. The molecule has 1 heterocycles. The lowest BCUT2D eigenvalue weighted by Gasteiger charge is -1.97. The Morgan fingerprint density at radius 3 is 2.50 bits per heavy atom. The third kappa shape index (κ3) is 2.75. The van der Waals surface area contributed by atoms with Crippen LogP contribution in [0, 0.1) is 0 Å². The highest BCUT2D eigenvalue weighted by molar-refractivity contribution is 6.67. The molecule has 92 valence electrons. The van der Waals surface area contributed by atoms with E-state index in [-0.39, 0.29) is 11.8 Å². The maximum absolute atomic E-state index is 10.9. The Bertz CT molecular complexity index is 590. The number of nitrogens with zero attached hydrogens (tertiary/aromatic N) is 1. The zero-order valence-electron chi connectivity index (χ0n) is 9.44. The van der Waals surface area contributed by atoms with Crippen LogP contribution in [0.15, 0.2) is 34.9 Å². The van der Waals surface area contributed by atoms with E-state index in [0.717, 1.165) is 0 Å². The highest BCUT2D eigenvalue weighted by atomic mass is 35.5. The van der Waals surface area contributed by atoms with Gasteiger partial charge in [-0.2, -0.15) is 0 Å². The van der Waals surface area contributed by atoms with E-state index in [1.165, 1.54) is 13.1 Å². The molecule has 0 saturated heterocycles. The van der Waals surface area contributed by atoms with Gasteiger partial charge in [0.2, 0.25) is 17.7 Å². The van der Waals surface area contributed by atoms with E-state index < -0.39 is 5.24 Å². The molecule has 2 rings (SSSR count). The Hall–Kier alpha value is -2.14. The van der Waals surface area contributed by atoms with Crippen molar-refractivity contribution < 1.29 is 14.0 Å². The van der Waals surface area contributed by atoms with Gasteiger partial charge < -0.3 is 4.42 Å². The van der Waals surface area contributed by atoms with Crippen LogP contribution in [-0.4, -0.2) is 16.1 Å². The minimum absolute atomic E-state index is 0.235. The van der Waals surface area contributed by atoms with Crippen molar-refractivity contribution in [2.75, 3.05) is 5.32 Å². The predicted octanol–water partition coefficient (Wildman–Crippen LogP) is 2.68. The van der Waals surface area contributed by atoms with Crippen molar-refractivity contribution in [2.45, 2.75) is 6.92 Å². The number of halogens is 1. The summed E-state index contributed by atoms with van der Waals surface area (Å²) in [7, 11) is 0. The van der Waals surface area contributed by atoms with Crippen molar-refractivity contribution in [2.24, 2.45) is 0 Å². The average molecular weight is 265 g/mol. The quantitative estimate of drug-likeness (QED) is 0.865. The van der Waals surface area contributed by atoms with Crippen LogP contribution < -0.4 is 5.32 Å². The van der Waals surface area contributed by atoms with Gasteiger partial charge in [-0.3, -0.25) is 14.9 Å². The van der Waals surface area contributed by atoms with Gasteiger partial charge in [0.05, 0.1) is 6.20 Å². The zero-order valence-corrected chi connectivity index (χ0v) is 10.2. The van der Waals surface area contributed by atoms with Gasteiger partial charge in [-0.05, 0) is 35.9 Å². The molecule has 0 saturated carbocycles. The fraction of sp³-hybridized carbons (Fsp3) is 0.0833. The maximum atomic E-state index is 10.9. The van der Waals surface area contributed by atoms with Gasteiger partial charge >= 0.3 is 0 Å². The first-order valence-corrected chi connectivity index (χ1v) is 5.48. The summed E-state index contributed by atoms with van der Waals surface area (Å²) in [5.74, 6) is 0.392. The molecule has 0 fully saturated rings.